The van der Waals surface area contributed by atoms with Crippen molar-refractivity contribution in [3.63, 3.8) is 0 Å². The molecule has 0 radical (unpaired) electrons. The van der Waals surface area contributed by atoms with Gasteiger partial charge in [-0.05, 0) is 48.4 Å². The number of halogens is 1. The first-order chi connectivity index (χ1) is 14.5. The molecular formula is C21H20BrN3O4S. The summed E-state index contributed by atoms with van der Waals surface area (Å²) < 4.78 is 17.1. The summed E-state index contributed by atoms with van der Waals surface area (Å²) in [6.45, 7) is 2.18. The van der Waals surface area contributed by atoms with Crippen LogP contribution in [0, 0.1) is 6.92 Å². The highest BCUT2D eigenvalue weighted by molar-refractivity contribution is 9.10. The summed E-state index contributed by atoms with van der Waals surface area (Å²) in [5.74, 6) is 0.837. The van der Waals surface area contributed by atoms with Crippen molar-refractivity contribution in [2.45, 2.75) is 13.5 Å². The highest BCUT2D eigenvalue weighted by Gasteiger charge is 2.15. The number of benzene rings is 2. The number of rotatable bonds is 8. The van der Waals surface area contributed by atoms with E-state index in [1.165, 1.54) is 18.4 Å². The lowest BCUT2D eigenvalue weighted by Crippen LogP contribution is -1.99. The number of esters is 1. The fraction of sp³-hybridized carbons (Fsp3) is 0.190. The maximum atomic E-state index is 11.7. The van der Waals surface area contributed by atoms with Gasteiger partial charge in [0.25, 0.3) is 0 Å². The Hall–Kier alpha value is -2.91. The Labute approximate surface area is 186 Å². The number of aromatic nitrogens is 1. The van der Waals surface area contributed by atoms with Crippen LogP contribution in [0.5, 0.6) is 11.5 Å². The number of hydrazone groups is 1. The summed E-state index contributed by atoms with van der Waals surface area (Å²) in [6, 6.07) is 13.5. The van der Waals surface area contributed by atoms with Gasteiger partial charge < -0.3 is 14.2 Å². The molecule has 156 valence electrons. The molecule has 7 nitrogen and oxygen atoms in total. The third-order valence-corrected chi connectivity index (χ3v) is 5.61. The van der Waals surface area contributed by atoms with Crippen LogP contribution in [-0.2, 0) is 11.3 Å². The Kier molecular flexibility index (Phi) is 7.42. The maximum Gasteiger partial charge on any atom is 0.350 e. The van der Waals surface area contributed by atoms with Crippen molar-refractivity contribution in [3.8, 4) is 11.5 Å². The summed E-state index contributed by atoms with van der Waals surface area (Å²) in [5, 5.41) is 4.68. The molecule has 30 heavy (non-hydrogen) atoms. The van der Waals surface area contributed by atoms with Crippen molar-refractivity contribution in [2.75, 3.05) is 19.6 Å². The van der Waals surface area contributed by atoms with Crippen LogP contribution in [0.1, 0.15) is 26.5 Å². The number of aryl methyl sites for hydroxylation is 1. The molecule has 0 aliphatic heterocycles. The van der Waals surface area contributed by atoms with E-state index in [2.05, 4.69) is 31.4 Å². The van der Waals surface area contributed by atoms with Crippen LogP contribution >= 0.6 is 27.3 Å². The van der Waals surface area contributed by atoms with Crippen molar-refractivity contribution in [1.82, 2.24) is 4.98 Å². The quantitative estimate of drug-likeness (QED) is 0.271. The lowest BCUT2D eigenvalue weighted by Gasteiger charge is -2.11. The van der Waals surface area contributed by atoms with Crippen LogP contribution < -0.4 is 14.9 Å². The number of carbonyl (C=O) groups excluding carboxylic acids is 1. The summed E-state index contributed by atoms with van der Waals surface area (Å²) in [7, 11) is 2.93. The number of hydrogen-bond donors (Lipinski definition) is 1. The Morgan fingerprint density at radius 3 is 2.67 bits per heavy atom. The largest absolute Gasteiger partial charge is 0.493 e. The monoisotopic (exact) mass is 489 g/mol. The zero-order valence-electron chi connectivity index (χ0n) is 16.6. The highest BCUT2D eigenvalue weighted by Crippen LogP contribution is 2.29. The highest BCUT2D eigenvalue weighted by atomic mass is 79.9. The zero-order valence-corrected chi connectivity index (χ0v) is 19.0. The second kappa shape index (κ2) is 10.2. The van der Waals surface area contributed by atoms with Crippen molar-refractivity contribution in [2.24, 2.45) is 5.10 Å². The van der Waals surface area contributed by atoms with E-state index < -0.39 is 5.97 Å². The Bertz CT molecular complexity index is 1050. The standard InChI is InChI=1S/C21H20BrN3O4S/c1-13-19(20(26)28-3)30-21(24-13)25-23-11-15-6-9-17(18(10-15)27-2)29-12-14-4-7-16(22)8-5-14/h4-11H,12H2,1-3H3,(H,24,25)/b23-11+. The number of ether oxygens (including phenoxy) is 3. The van der Waals surface area contributed by atoms with Crippen LogP contribution in [0.25, 0.3) is 0 Å². The van der Waals surface area contributed by atoms with Crippen molar-refractivity contribution in [3.05, 3.63) is 68.6 Å². The van der Waals surface area contributed by atoms with Crippen LogP contribution in [0.3, 0.4) is 0 Å². The van der Waals surface area contributed by atoms with Gasteiger partial charge in [0, 0.05) is 4.47 Å². The third-order valence-electron chi connectivity index (χ3n) is 4.04. The average molecular weight is 490 g/mol. The maximum absolute atomic E-state index is 11.7. The molecule has 1 N–H and O–H groups in total. The van der Waals surface area contributed by atoms with Crippen LogP contribution in [0.2, 0.25) is 0 Å². The van der Waals surface area contributed by atoms with Crippen molar-refractivity contribution in [1.29, 1.82) is 0 Å². The Morgan fingerprint density at radius 2 is 1.97 bits per heavy atom. The normalized spacial score (nSPS) is 10.8. The first-order valence-corrected chi connectivity index (χ1v) is 10.5. The van der Waals surface area contributed by atoms with Gasteiger partial charge in [0.15, 0.2) is 11.5 Å². The second-order valence-corrected chi connectivity index (χ2v) is 8.04. The molecule has 9 heteroatoms. The molecule has 0 aliphatic carbocycles. The molecule has 3 aromatic rings. The SMILES string of the molecule is COC(=O)c1sc(N/N=C/c2ccc(OCc3ccc(Br)cc3)c(OC)c2)nc1C. The third kappa shape index (κ3) is 5.58. The smallest absolute Gasteiger partial charge is 0.350 e. The first kappa shape index (κ1) is 21.8. The number of nitrogens with zero attached hydrogens (tertiary/aromatic N) is 2. The average Bonchev–Trinajstić information content (AvgIpc) is 3.13. The molecule has 0 saturated carbocycles. The molecule has 0 unspecified atom stereocenters. The minimum absolute atomic E-state index is 0.412. The topological polar surface area (TPSA) is 82.0 Å². The number of thiazole rings is 1. The number of carbonyl (C=O) groups is 1. The molecular weight excluding hydrogens is 470 g/mol. The summed E-state index contributed by atoms with van der Waals surface area (Å²) in [6.07, 6.45) is 1.63. The van der Waals surface area contributed by atoms with E-state index in [-0.39, 0.29) is 0 Å². The fourth-order valence-corrected chi connectivity index (χ4v) is 3.61. The van der Waals surface area contributed by atoms with Gasteiger partial charge in [-0.3, -0.25) is 5.43 Å². The summed E-state index contributed by atoms with van der Waals surface area (Å²) >= 11 is 4.60. The summed E-state index contributed by atoms with van der Waals surface area (Å²) in [5.41, 5.74) is 5.30. The van der Waals surface area contributed by atoms with Gasteiger partial charge in [0.1, 0.15) is 11.5 Å². The molecule has 1 aromatic heterocycles. The predicted octanol–water partition coefficient (Wildman–Crippen LogP) is 5.03. The van der Waals surface area contributed by atoms with Gasteiger partial charge in [0.05, 0.1) is 26.1 Å². The van der Waals surface area contributed by atoms with Gasteiger partial charge in [-0.1, -0.05) is 39.4 Å². The number of nitrogens with one attached hydrogen (secondary N) is 1. The summed E-state index contributed by atoms with van der Waals surface area (Å²) in [4.78, 5) is 16.4. The van der Waals surface area contributed by atoms with Crippen LogP contribution in [0.4, 0.5) is 5.13 Å². The number of methoxy groups -OCH3 is 2. The minimum atomic E-state index is -0.412. The van der Waals surface area contributed by atoms with Gasteiger partial charge in [-0.25, -0.2) is 9.78 Å². The van der Waals surface area contributed by atoms with Gasteiger partial charge in [-0.2, -0.15) is 5.10 Å². The fourth-order valence-electron chi connectivity index (χ4n) is 2.51. The van der Waals surface area contributed by atoms with Gasteiger partial charge in [0.2, 0.25) is 5.13 Å². The van der Waals surface area contributed by atoms with Crippen molar-refractivity contribution < 1.29 is 19.0 Å². The van der Waals surface area contributed by atoms with Crippen molar-refractivity contribution >= 4 is 44.6 Å². The van der Waals surface area contributed by atoms with E-state index in [1.807, 2.05) is 42.5 Å². The van der Waals surface area contributed by atoms with E-state index in [4.69, 9.17) is 14.2 Å². The molecule has 0 fully saturated rings. The Balaban J connectivity index is 1.64. The van der Waals surface area contributed by atoms with E-state index in [1.54, 1.807) is 20.2 Å². The van der Waals surface area contributed by atoms with E-state index >= 15 is 0 Å². The minimum Gasteiger partial charge on any atom is -0.493 e. The van der Waals surface area contributed by atoms with Gasteiger partial charge >= 0.3 is 5.97 Å². The molecule has 2 aromatic carbocycles. The molecule has 0 saturated heterocycles. The first-order valence-electron chi connectivity index (χ1n) is 8.90. The van der Waals surface area contributed by atoms with E-state index in [9.17, 15) is 4.79 Å². The molecule has 0 aliphatic rings. The molecule has 3 rings (SSSR count). The Morgan fingerprint density at radius 1 is 1.20 bits per heavy atom. The molecule has 1 heterocycles. The van der Waals surface area contributed by atoms with E-state index in [0.29, 0.717) is 33.8 Å². The van der Waals surface area contributed by atoms with E-state index in [0.717, 1.165) is 15.6 Å². The lowest BCUT2D eigenvalue weighted by molar-refractivity contribution is 0.0605. The molecule has 0 spiro atoms. The van der Waals surface area contributed by atoms with Crippen LogP contribution in [0.15, 0.2) is 52.0 Å². The molecule has 0 bridgehead atoms. The molecule has 0 amide bonds. The van der Waals surface area contributed by atoms with Crippen LogP contribution in [-0.4, -0.2) is 31.4 Å². The zero-order chi connectivity index (χ0) is 21.5. The lowest BCUT2D eigenvalue weighted by atomic mass is 10.2. The molecule has 0 atom stereocenters. The number of anilines is 1. The van der Waals surface area contributed by atoms with Gasteiger partial charge in [-0.15, -0.1) is 0 Å². The number of hydrogen-bond acceptors (Lipinski definition) is 8. The second-order valence-electron chi connectivity index (χ2n) is 6.12. The predicted molar refractivity (Wildman–Crippen MR) is 121 cm³/mol.